The molecule has 1 aliphatic carbocycles. The third-order valence-electron chi connectivity index (χ3n) is 7.28. The Labute approximate surface area is 184 Å². The number of terminal acetylenes is 1. The Kier molecular flexibility index (Phi) is 5.25. The number of hydrogen-bond acceptors (Lipinski definition) is 4. The lowest BCUT2D eigenvalue weighted by atomic mass is 9.66. The van der Waals surface area contributed by atoms with E-state index >= 15 is 0 Å². The number of aromatic nitrogens is 1. The monoisotopic (exact) mass is 412 g/mol. The summed E-state index contributed by atoms with van der Waals surface area (Å²) < 4.78 is 0. The highest BCUT2D eigenvalue weighted by molar-refractivity contribution is 5.98. The second-order valence-electron chi connectivity index (χ2n) is 9.08. The first-order valence-corrected chi connectivity index (χ1v) is 11.3. The number of aliphatic hydroxyl groups is 1. The van der Waals surface area contributed by atoms with E-state index in [-0.39, 0.29) is 17.7 Å². The molecule has 1 aromatic carbocycles. The van der Waals surface area contributed by atoms with Crippen molar-refractivity contribution in [2.45, 2.75) is 50.2 Å². The molecule has 2 bridgehead atoms. The Morgan fingerprint density at radius 3 is 2.68 bits per heavy atom. The Hall–Kier alpha value is -2.74. The molecule has 0 amide bonds. The van der Waals surface area contributed by atoms with Crippen LogP contribution in [0.25, 0.3) is 5.57 Å². The molecule has 4 heteroatoms. The maximum Gasteiger partial charge on any atom is 0.156 e. The number of rotatable bonds is 4. The smallest absolute Gasteiger partial charge is 0.156 e. The third kappa shape index (κ3) is 3.52. The molecule has 0 spiro atoms. The lowest BCUT2D eigenvalue weighted by Gasteiger charge is -2.54. The minimum Gasteiger partial charge on any atom is -0.382 e. The Morgan fingerprint density at radius 2 is 1.97 bits per heavy atom. The van der Waals surface area contributed by atoms with Crippen LogP contribution in [0.4, 0.5) is 0 Å². The van der Waals surface area contributed by atoms with Crippen molar-refractivity contribution in [3.8, 4) is 12.3 Å². The normalized spacial score (nSPS) is 30.0. The first-order valence-electron chi connectivity index (χ1n) is 11.3. The Bertz CT molecular complexity index is 1060. The molecule has 4 aliphatic rings. The standard InChI is InChI=1S/C27H28N2O2/c1-2-26-27(31,22-11-13-29(26)14-12-22)24-18-28-25(20-9-6-10-23(30)16-20)17-21(24)15-19-7-4-3-5-8-19/h1,3-5,7-8,16-18,22,26,31H,6,9-15H2. The number of fused-ring (bicyclic) bond motifs is 3. The highest BCUT2D eigenvalue weighted by atomic mass is 16.3. The largest absolute Gasteiger partial charge is 0.382 e. The van der Waals surface area contributed by atoms with Gasteiger partial charge in [-0.1, -0.05) is 36.3 Å². The molecular weight excluding hydrogens is 384 g/mol. The van der Waals surface area contributed by atoms with Gasteiger partial charge in [0.2, 0.25) is 0 Å². The predicted molar refractivity (Wildman–Crippen MR) is 121 cm³/mol. The third-order valence-corrected chi connectivity index (χ3v) is 7.28. The summed E-state index contributed by atoms with van der Waals surface area (Å²) in [5.41, 5.74) is 3.80. The molecule has 3 saturated heterocycles. The summed E-state index contributed by atoms with van der Waals surface area (Å²) in [4.78, 5) is 19.0. The number of carbonyl (C=O) groups is 1. The SMILES string of the molecule is C#CC1N2CCC(CC2)C1(O)c1cnc(C2=CC(=O)CCC2)cc1Cc1ccccc1. The van der Waals surface area contributed by atoms with Crippen molar-refractivity contribution >= 4 is 11.4 Å². The minimum atomic E-state index is -1.10. The van der Waals surface area contributed by atoms with Gasteiger partial charge in [-0.25, -0.2) is 0 Å². The van der Waals surface area contributed by atoms with E-state index in [9.17, 15) is 9.90 Å². The molecule has 0 saturated carbocycles. The number of piperidine rings is 3. The highest BCUT2D eigenvalue weighted by Gasteiger charge is 2.54. The van der Waals surface area contributed by atoms with Gasteiger partial charge in [-0.3, -0.25) is 14.7 Å². The molecule has 31 heavy (non-hydrogen) atoms. The summed E-state index contributed by atoms with van der Waals surface area (Å²) in [6.07, 6.45) is 14.4. The zero-order chi connectivity index (χ0) is 21.4. The number of allylic oxidation sites excluding steroid dienone is 2. The molecule has 1 N–H and O–H groups in total. The second-order valence-corrected chi connectivity index (χ2v) is 9.08. The van der Waals surface area contributed by atoms with Crippen molar-refractivity contribution in [3.63, 3.8) is 0 Å². The minimum absolute atomic E-state index is 0.135. The molecule has 4 nitrogen and oxygen atoms in total. The molecule has 2 aromatic rings. The van der Waals surface area contributed by atoms with E-state index in [1.807, 2.05) is 24.4 Å². The maximum absolute atomic E-state index is 12.1. The predicted octanol–water partition coefficient (Wildman–Crippen LogP) is 3.72. The van der Waals surface area contributed by atoms with Crippen LogP contribution in [-0.4, -0.2) is 39.9 Å². The first kappa shape index (κ1) is 20.2. The summed E-state index contributed by atoms with van der Waals surface area (Å²) >= 11 is 0. The van der Waals surface area contributed by atoms with Gasteiger partial charge in [-0.15, -0.1) is 6.42 Å². The van der Waals surface area contributed by atoms with E-state index in [1.54, 1.807) is 6.08 Å². The maximum atomic E-state index is 12.1. The van der Waals surface area contributed by atoms with Gasteiger partial charge in [0, 0.05) is 18.2 Å². The van der Waals surface area contributed by atoms with Gasteiger partial charge in [-0.2, -0.15) is 0 Å². The summed E-state index contributed by atoms with van der Waals surface area (Å²) in [5, 5.41) is 12.1. The van der Waals surface area contributed by atoms with Gasteiger partial charge in [-0.05, 0) is 80.0 Å². The van der Waals surface area contributed by atoms with Crippen LogP contribution in [0.2, 0.25) is 0 Å². The van der Waals surface area contributed by atoms with Crippen molar-refractivity contribution in [2.75, 3.05) is 13.1 Å². The van der Waals surface area contributed by atoms with E-state index in [0.29, 0.717) is 12.8 Å². The topological polar surface area (TPSA) is 53.4 Å². The van der Waals surface area contributed by atoms with E-state index < -0.39 is 5.60 Å². The lowest BCUT2D eigenvalue weighted by molar-refractivity contribution is -0.143. The fourth-order valence-corrected chi connectivity index (χ4v) is 5.69. The average Bonchev–Trinajstić information content (AvgIpc) is 2.80. The van der Waals surface area contributed by atoms with Crippen molar-refractivity contribution in [2.24, 2.45) is 5.92 Å². The van der Waals surface area contributed by atoms with Crippen LogP contribution in [0.5, 0.6) is 0 Å². The van der Waals surface area contributed by atoms with Crippen LogP contribution < -0.4 is 0 Å². The Morgan fingerprint density at radius 1 is 1.19 bits per heavy atom. The number of hydrogen-bond donors (Lipinski definition) is 1. The number of nitrogens with zero attached hydrogens (tertiary/aromatic N) is 2. The summed E-state index contributed by atoms with van der Waals surface area (Å²) in [5.74, 6) is 3.19. The van der Waals surface area contributed by atoms with E-state index in [0.717, 1.165) is 61.2 Å². The fraction of sp³-hybridized carbons (Fsp3) is 0.407. The number of ketones is 1. The summed E-state index contributed by atoms with van der Waals surface area (Å²) in [6, 6.07) is 12.0. The second kappa shape index (κ2) is 8.07. The van der Waals surface area contributed by atoms with Gasteiger partial charge in [0.1, 0.15) is 11.6 Å². The number of carbonyl (C=O) groups excluding carboxylic acids is 1. The van der Waals surface area contributed by atoms with Gasteiger partial charge in [0.25, 0.3) is 0 Å². The van der Waals surface area contributed by atoms with E-state index in [4.69, 9.17) is 11.4 Å². The highest BCUT2D eigenvalue weighted by Crippen LogP contribution is 2.48. The van der Waals surface area contributed by atoms with Crippen molar-refractivity contribution < 1.29 is 9.90 Å². The average molecular weight is 413 g/mol. The molecule has 4 heterocycles. The van der Waals surface area contributed by atoms with E-state index in [1.165, 1.54) is 5.56 Å². The van der Waals surface area contributed by atoms with Crippen LogP contribution >= 0.6 is 0 Å². The molecule has 0 radical (unpaired) electrons. The van der Waals surface area contributed by atoms with Gasteiger partial charge >= 0.3 is 0 Å². The first-order chi connectivity index (χ1) is 15.1. The van der Waals surface area contributed by atoms with Gasteiger partial charge in [0.15, 0.2) is 5.78 Å². The summed E-state index contributed by atoms with van der Waals surface area (Å²) in [7, 11) is 0. The molecule has 2 atom stereocenters. The van der Waals surface area contributed by atoms with Crippen molar-refractivity contribution in [1.82, 2.24) is 9.88 Å². The van der Waals surface area contributed by atoms with Crippen LogP contribution in [0, 0.1) is 18.3 Å². The molecule has 6 rings (SSSR count). The molecule has 158 valence electrons. The number of benzene rings is 1. The zero-order valence-electron chi connectivity index (χ0n) is 17.8. The number of pyridine rings is 1. The lowest BCUT2D eigenvalue weighted by Crippen LogP contribution is -2.63. The van der Waals surface area contributed by atoms with Crippen LogP contribution in [0.3, 0.4) is 0 Å². The van der Waals surface area contributed by atoms with Crippen LogP contribution in [0.15, 0.2) is 48.7 Å². The van der Waals surface area contributed by atoms with E-state index in [2.05, 4.69) is 29.0 Å². The fourth-order valence-electron chi connectivity index (χ4n) is 5.69. The van der Waals surface area contributed by atoms with Crippen molar-refractivity contribution in [1.29, 1.82) is 0 Å². The van der Waals surface area contributed by atoms with Crippen LogP contribution in [0.1, 0.15) is 54.5 Å². The van der Waals surface area contributed by atoms with Crippen LogP contribution in [-0.2, 0) is 16.8 Å². The quantitative estimate of drug-likeness (QED) is 0.778. The van der Waals surface area contributed by atoms with Gasteiger partial charge in [0.05, 0.1) is 5.69 Å². The van der Waals surface area contributed by atoms with Crippen molar-refractivity contribution in [3.05, 3.63) is 71.1 Å². The molecule has 3 fully saturated rings. The molecule has 2 unspecified atom stereocenters. The summed E-state index contributed by atoms with van der Waals surface area (Å²) in [6.45, 7) is 1.88. The molecular formula is C27H28N2O2. The molecule has 3 aliphatic heterocycles. The zero-order valence-corrected chi connectivity index (χ0v) is 17.8. The Balaban J connectivity index is 1.62. The molecule has 1 aromatic heterocycles. The van der Waals surface area contributed by atoms with Gasteiger partial charge < -0.3 is 5.11 Å².